The van der Waals surface area contributed by atoms with Crippen molar-refractivity contribution < 1.29 is 17.2 Å². The van der Waals surface area contributed by atoms with Crippen LogP contribution in [0.25, 0.3) is 0 Å². The molecule has 0 aliphatic carbocycles. The van der Waals surface area contributed by atoms with E-state index in [0.29, 0.717) is 0 Å². The molecule has 0 aromatic heterocycles. The molecule has 0 fully saturated rings. The fourth-order valence-corrected chi connectivity index (χ4v) is 0.447. The average molecular weight is 144 g/mol. The molecule has 8 heavy (non-hydrogen) atoms. The molecule has 0 spiro atoms. The Morgan fingerprint density at radius 2 is 2.00 bits per heavy atom. The number of quaternary nitrogens is 1. The summed E-state index contributed by atoms with van der Waals surface area (Å²) in [5, 5.41) is 0. The van der Waals surface area contributed by atoms with E-state index < -0.39 is 10.4 Å². The molecule has 0 bridgehead atoms. The van der Waals surface area contributed by atoms with Gasteiger partial charge in [-0.25, -0.2) is 4.18 Å². The van der Waals surface area contributed by atoms with Crippen LogP contribution >= 0.6 is 0 Å². The van der Waals surface area contributed by atoms with Crippen molar-refractivity contribution in [3.63, 3.8) is 0 Å². The molecule has 0 unspecified atom stereocenters. The van der Waals surface area contributed by atoms with E-state index in [9.17, 15) is 8.42 Å². The monoisotopic (exact) mass is 144 g/mol. The molecule has 0 rings (SSSR count). The summed E-state index contributed by atoms with van der Waals surface area (Å²) in [5.74, 6) is 0. The first-order valence-electron chi connectivity index (χ1n) is 1.68. The highest BCUT2D eigenvalue weighted by atomic mass is 32.3. The predicted octanol–water partition coefficient (Wildman–Crippen LogP) is 0.202. The minimum Gasteiger partial charge on any atom is -0.369 e. The summed E-state index contributed by atoms with van der Waals surface area (Å²) in [6.07, 6.45) is 0. The van der Waals surface area contributed by atoms with Crippen molar-refractivity contribution in [2.24, 2.45) is 0 Å². The fraction of sp³-hybridized carbons (Fsp3) is 1.00. The largest absolute Gasteiger partial charge is 0.397 e. The summed E-state index contributed by atoms with van der Waals surface area (Å²) in [6, 6.07) is 0. The summed E-state index contributed by atoms with van der Waals surface area (Å²) in [6.45, 7) is 1.44. The average Bonchev–Trinajstić information content (AvgIpc) is 1.30. The van der Waals surface area contributed by atoms with E-state index in [2.05, 4.69) is 4.18 Å². The van der Waals surface area contributed by atoms with Crippen LogP contribution in [-0.2, 0) is 14.6 Å². The molecular weight excluding hydrogens is 134 g/mol. The second-order valence-electron chi connectivity index (χ2n) is 0.834. The molecule has 52 valence electrons. The van der Waals surface area contributed by atoms with Crippen molar-refractivity contribution >= 4 is 10.4 Å². The third-order valence-electron chi connectivity index (χ3n) is 0.267. The lowest BCUT2D eigenvalue weighted by Gasteiger charge is -1.88. The first kappa shape index (κ1) is 10.7. The molecule has 0 heterocycles. The van der Waals surface area contributed by atoms with Crippen LogP contribution in [0.5, 0.6) is 0 Å². The normalized spacial score (nSPS) is 10.2. The van der Waals surface area contributed by atoms with Crippen LogP contribution in [0.1, 0.15) is 6.92 Å². The van der Waals surface area contributed by atoms with Gasteiger partial charge in [0, 0.05) is 0 Å². The van der Waals surface area contributed by atoms with Gasteiger partial charge >= 0.3 is 10.4 Å². The van der Waals surface area contributed by atoms with Gasteiger partial charge in [-0.3, -0.25) is 4.55 Å². The summed E-state index contributed by atoms with van der Waals surface area (Å²) in [7, 11) is -4.17. The third kappa shape index (κ3) is 9.27. The highest BCUT2D eigenvalue weighted by Crippen LogP contribution is 1.81. The van der Waals surface area contributed by atoms with Crippen molar-refractivity contribution in [1.82, 2.24) is 6.15 Å². The van der Waals surface area contributed by atoms with Crippen LogP contribution in [0, 0.1) is 0 Å². The van der Waals surface area contributed by atoms with E-state index in [1.54, 1.807) is 0 Å². The summed E-state index contributed by atoms with van der Waals surface area (Å²) in [4.78, 5) is 0. The van der Waals surface area contributed by atoms with E-state index in [1.807, 2.05) is 0 Å². The summed E-state index contributed by atoms with van der Waals surface area (Å²) < 4.78 is 30.7. The molecule has 0 aliphatic rings. The van der Waals surface area contributed by atoms with Crippen molar-refractivity contribution in [2.75, 3.05) is 6.61 Å². The molecule has 5 N–H and O–H groups in total. The Labute approximate surface area is 48.2 Å². The molecule has 0 saturated carbocycles. The topological polar surface area (TPSA) is 100 Å². The minimum atomic E-state index is -4.17. The quantitative estimate of drug-likeness (QED) is 0.540. The molecular formula is C2H10NO4S+. The van der Waals surface area contributed by atoms with Crippen molar-refractivity contribution in [2.45, 2.75) is 6.92 Å². The number of hydrogen-bond acceptors (Lipinski definition) is 3. The van der Waals surface area contributed by atoms with E-state index >= 15 is 0 Å². The first-order chi connectivity index (χ1) is 3.06. The Morgan fingerprint density at radius 3 is 2.00 bits per heavy atom. The smallest absolute Gasteiger partial charge is 0.369 e. The SMILES string of the molecule is CCOS(=O)(=O)O.[NH4+]. The molecule has 0 saturated heterocycles. The highest BCUT2D eigenvalue weighted by Gasteiger charge is 1.98. The van der Waals surface area contributed by atoms with Gasteiger partial charge in [-0.2, -0.15) is 8.42 Å². The van der Waals surface area contributed by atoms with Gasteiger partial charge in [0.15, 0.2) is 0 Å². The number of hydrogen-bond donors (Lipinski definition) is 2. The van der Waals surface area contributed by atoms with Gasteiger partial charge in [-0.1, -0.05) is 0 Å². The van der Waals surface area contributed by atoms with Gasteiger partial charge < -0.3 is 6.15 Å². The van der Waals surface area contributed by atoms with E-state index in [-0.39, 0.29) is 12.8 Å². The van der Waals surface area contributed by atoms with Crippen LogP contribution < -0.4 is 6.15 Å². The van der Waals surface area contributed by atoms with E-state index in [0.717, 1.165) is 0 Å². The zero-order valence-corrected chi connectivity index (χ0v) is 5.60. The maximum absolute atomic E-state index is 9.56. The summed E-state index contributed by atoms with van der Waals surface area (Å²) >= 11 is 0. The van der Waals surface area contributed by atoms with Crippen LogP contribution in [0.2, 0.25) is 0 Å². The van der Waals surface area contributed by atoms with Gasteiger partial charge in [-0.05, 0) is 6.92 Å². The van der Waals surface area contributed by atoms with Crippen LogP contribution in [0.4, 0.5) is 0 Å². The Kier molecular flexibility index (Phi) is 5.09. The zero-order valence-electron chi connectivity index (χ0n) is 4.79. The van der Waals surface area contributed by atoms with Gasteiger partial charge in [0.2, 0.25) is 0 Å². The van der Waals surface area contributed by atoms with E-state index in [1.165, 1.54) is 6.92 Å². The second-order valence-corrected chi connectivity index (χ2v) is 1.93. The highest BCUT2D eigenvalue weighted by molar-refractivity contribution is 7.80. The van der Waals surface area contributed by atoms with Crippen LogP contribution in [0.15, 0.2) is 0 Å². The maximum Gasteiger partial charge on any atom is 0.397 e. The predicted molar refractivity (Wildman–Crippen MR) is 29.2 cm³/mol. The molecule has 0 aromatic rings. The minimum absolute atomic E-state index is 0. The second kappa shape index (κ2) is 3.79. The zero-order chi connectivity index (χ0) is 5.91. The Morgan fingerprint density at radius 1 is 1.62 bits per heavy atom. The number of rotatable bonds is 2. The summed E-state index contributed by atoms with van der Waals surface area (Å²) in [5.41, 5.74) is 0. The molecule has 0 aromatic carbocycles. The lowest BCUT2D eigenvalue weighted by Crippen LogP contribution is -2.01. The lowest BCUT2D eigenvalue weighted by atomic mass is 10.9. The van der Waals surface area contributed by atoms with Gasteiger partial charge in [-0.15, -0.1) is 0 Å². The van der Waals surface area contributed by atoms with Crippen molar-refractivity contribution in [3.05, 3.63) is 0 Å². The van der Waals surface area contributed by atoms with Crippen LogP contribution in [0.3, 0.4) is 0 Å². The molecule has 0 amide bonds. The molecule has 5 nitrogen and oxygen atoms in total. The fourth-order valence-electron chi connectivity index (χ4n) is 0.149. The van der Waals surface area contributed by atoms with Gasteiger partial charge in [0.05, 0.1) is 6.61 Å². The standard InChI is InChI=1S/C2H6O4S.H3N/c1-2-6-7(3,4)5;/h2H2,1H3,(H,3,4,5);1H3/p+1. The Balaban J connectivity index is 0. The molecule has 0 atom stereocenters. The Bertz CT molecular complexity index is 127. The molecule has 0 radical (unpaired) electrons. The van der Waals surface area contributed by atoms with Crippen LogP contribution in [-0.4, -0.2) is 19.6 Å². The van der Waals surface area contributed by atoms with Crippen molar-refractivity contribution in [3.8, 4) is 0 Å². The van der Waals surface area contributed by atoms with E-state index in [4.69, 9.17) is 4.55 Å². The van der Waals surface area contributed by atoms with Gasteiger partial charge in [0.1, 0.15) is 0 Å². The third-order valence-corrected chi connectivity index (χ3v) is 0.800. The maximum atomic E-state index is 9.56. The molecule has 6 heteroatoms. The van der Waals surface area contributed by atoms with Gasteiger partial charge in [0.25, 0.3) is 0 Å². The first-order valence-corrected chi connectivity index (χ1v) is 3.04. The van der Waals surface area contributed by atoms with Crippen molar-refractivity contribution in [1.29, 1.82) is 0 Å². The molecule has 0 aliphatic heterocycles. The lowest BCUT2D eigenvalue weighted by molar-refractivity contribution is 0.283. The Hall–Kier alpha value is -0.170.